The Balaban J connectivity index is 1.26. The fourth-order valence-corrected chi connectivity index (χ4v) is 9.01. The van der Waals surface area contributed by atoms with Crippen LogP contribution in [0.5, 0.6) is 0 Å². The predicted molar refractivity (Wildman–Crippen MR) is 240 cm³/mol. The highest BCUT2D eigenvalue weighted by Crippen LogP contribution is 2.57. The molecule has 0 radical (unpaired) electrons. The Hall–Kier alpha value is -7.22. The molecule has 9 aromatic rings. The van der Waals surface area contributed by atoms with Gasteiger partial charge in [0.25, 0.3) is 0 Å². The molecule has 1 nitrogen and oxygen atoms in total. The van der Waals surface area contributed by atoms with Gasteiger partial charge in [-0.1, -0.05) is 200 Å². The topological polar surface area (TPSA) is 3.24 Å². The molecule has 0 amide bonds. The minimum atomic E-state index is -0.329. The fraction of sp³-hybridized carbons (Fsp3) is 0.0357. The molecule has 1 aliphatic rings. The van der Waals surface area contributed by atoms with Gasteiger partial charge in [0.1, 0.15) is 0 Å². The van der Waals surface area contributed by atoms with Gasteiger partial charge >= 0.3 is 0 Å². The molecule has 0 N–H and O–H groups in total. The van der Waals surface area contributed by atoms with Gasteiger partial charge < -0.3 is 4.90 Å². The Morgan fingerprint density at radius 1 is 0.316 bits per heavy atom. The minimum absolute atomic E-state index is 0.329. The van der Waals surface area contributed by atoms with Crippen LogP contribution in [0.4, 0.5) is 17.1 Å². The van der Waals surface area contributed by atoms with Crippen LogP contribution in [0.15, 0.2) is 231 Å². The number of rotatable bonds is 8. The monoisotopic (exact) mass is 727 g/mol. The highest BCUT2D eigenvalue weighted by molar-refractivity contribution is 6.00. The van der Waals surface area contributed by atoms with Crippen LogP contribution in [0.1, 0.15) is 23.6 Å². The predicted octanol–water partition coefficient (Wildman–Crippen LogP) is 15.2. The lowest BCUT2D eigenvalue weighted by molar-refractivity contribution is 0.714. The van der Waals surface area contributed by atoms with Crippen molar-refractivity contribution in [1.29, 1.82) is 0 Å². The maximum atomic E-state index is 2.51. The zero-order valence-electron chi connectivity index (χ0n) is 31.9. The van der Waals surface area contributed by atoms with Gasteiger partial charge in [0, 0.05) is 22.2 Å². The molecule has 1 heteroatoms. The molecule has 0 bridgehead atoms. The highest BCUT2D eigenvalue weighted by Gasteiger charge is 2.42. The minimum Gasteiger partial charge on any atom is -0.309 e. The average molecular weight is 728 g/mol. The third kappa shape index (κ3) is 5.96. The summed E-state index contributed by atoms with van der Waals surface area (Å²) < 4.78 is 0. The lowest BCUT2D eigenvalue weighted by atomic mass is 9.74. The molecule has 9 aromatic carbocycles. The lowest BCUT2D eigenvalue weighted by Crippen LogP contribution is -2.22. The largest absolute Gasteiger partial charge is 0.309 e. The third-order valence-corrected chi connectivity index (χ3v) is 11.8. The van der Waals surface area contributed by atoms with Gasteiger partial charge in [-0.3, -0.25) is 0 Å². The van der Waals surface area contributed by atoms with Crippen molar-refractivity contribution in [2.24, 2.45) is 0 Å². The third-order valence-electron chi connectivity index (χ3n) is 11.8. The fourth-order valence-electron chi connectivity index (χ4n) is 9.01. The summed E-state index contributed by atoms with van der Waals surface area (Å²) in [5.41, 5.74) is 19.0. The van der Waals surface area contributed by atoms with Crippen LogP contribution in [0.3, 0.4) is 0 Å². The smallest absolute Gasteiger partial charge is 0.0543 e. The second-order valence-corrected chi connectivity index (χ2v) is 15.0. The first kappa shape index (κ1) is 34.3. The summed E-state index contributed by atoms with van der Waals surface area (Å²) in [4.78, 5) is 2.51. The van der Waals surface area contributed by atoms with E-state index in [1.165, 1.54) is 72.3 Å². The highest BCUT2D eigenvalue weighted by atomic mass is 15.1. The number of fused-ring (bicyclic) bond motifs is 3. The van der Waals surface area contributed by atoms with Gasteiger partial charge in [-0.15, -0.1) is 0 Å². The van der Waals surface area contributed by atoms with E-state index in [0.29, 0.717) is 0 Å². The first-order valence-corrected chi connectivity index (χ1v) is 19.8. The molecule has 1 unspecified atom stereocenters. The molecule has 0 saturated carbocycles. The van der Waals surface area contributed by atoms with E-state index in [1.54, 1.807) is 0 Å². The molecule has 0 spiro atoms. The van der Waals surface area contributed by atoms with Crippen LogP contribution in [0.2, 0.25) is 0 Å². The summed E-state index contributed by atoms with van der Waals surface area (Å²) >= 11 is 0. The van der Waals surface area contributed by atoms with Crippen molar-refractivity contribution in [3.8, 4) is 55.6 Å². The molecular weight excluding hydrogens is 687 g/mol. The van der Waals surface area contributed by atoms with Crippen molar-refractivity contribution in [2.45, 2.75) is 12.3 Å². The second-order valence-electron chi connectivity index (χ2n) is 15.0. The SMILES string of the molecule is CC1(c2ccccc2)c2ccccc2-c2c(N(c3ccc(-c4ccccc4)c(-c4ccccc4)c3)c3ccccc3-c3cccc(-c4ccccc4)c3)cccc21. The number of nitrogens with zero attached hydrogens (tertiary/aromatic N) is 1. The molecule has 10 rings (SSSR count). The molecule has 0 fully saturated rings. The molecule has 57 heavy (non-hydrogen) atoms. The number of benzene rings is 9. The van der Waals surface area contributed by atoms with Gasteiger partial charge in [0.15, 0.2) is 0 Å². The first-order chi connectivity index (χ1) is 28.2. The van der Waals surface area contributed by atoms with E-state index in [2.05, 4.69) is 242 Å². The zero-order chi connectivity index (χ0) is 38.2. The summed E-state index contributed by atoms with van der Waals surface area (Å²) in [6.07, 6.45) is 0. The quantitative estimate of drug-likeness (QED) is 0.151. The van der Waals surface area contributed by atoms with Crippen LogP contribution >= 0.6 is 0 Å². The Bertz CT molecular complexity index is 2840. The first-order valence-electron chi connectivity index (χ1n) is 19.8. The maximum absolute atomic E-state index is 2.51. The van der Waals surface area contributed by atoms with Crippen molar-refractivity contribution in [3.05, 3.63) is 247 Å². The molecule has 0 aliphatic heterocycles. The van der Waals surface area contributed by atoms with E-state index in [4.69, 9.17) is 0 Å². The Morgan fingerprint density at radius 3 is 1.54 bits per heavy atom. The Kier molecular flexibility index (Phi) is 8.69. The summed E-state index contributed by atoms with van der Waals surface area (Å²) in [5, 5.41) is 0. The number of hydrogen-bond acceptors (Lipinski definition) is 1. The molecule has 1 aliphatic carbocycles. The van der Waals surface area contributed by atoms with Gasteiger partial charge in [-0.05, 0) is 98.5 Å². The van der Waals surface area contributed by atoms with Crippen LogP contribution < -0.4 is 4.90 Å². The van der Waals surface area contributed by atoms with E-state index < -0.39 is 0 Å². The van der Waals surface area contributed by atoms with Crippen LogP contribution in [0.25, 0.3) is 55.6 Å². The lowest BCUT2D eigenvalue weighted by Gasteiger charge is -2.32. The molecular formula is C56H41N. The molecule has 270 valence electrons. The van der Waals surface area contributed by atoms with Crippen LogP contribution in [-0.4, -0.2) is 0 Å². The average Bonchev–Trinajstić information content (AvgIpc) is 3.57. The Morgan fingerprint density at radius 2 is 0.825 bits per heavy atom. The normalized spacial score (nSPS) is 14.1. The van der Waals surface area contributed by atoms with Crippen molar-refractivity contribution in [1.82, 2.24) is 0 Å². The maximum Gasteiger partial charge on any atom is 0.0543 e. The molecule has 0 aromatic heterocycles. The standard InChI is InChI=1S/C56H41N/c1-56(45-28-12-5-13-29-45)51-32-16-14-31-49(51)55-52(56)33-19-35-54(55)57(46-36-37-47(41-22-8-3-9-23-41)50(39-46)42-24-10-4-11-25-42)53-34-17-15-30-48(53)44-27-18-26-43(38-44)40-20-6-2-7-21-40/h2-39H,1H3. The van der Waals surface area contributed by atoms with E-state index in [1.807, 2.05) is 0 Å². The summed E-state index contributed by atoms with van der Waals surface area (Å²) in [6, 6.07) is 84.0. The number of hydrogen-bond donors (Lipinski definition) is 0. The molecule has 1 atom stereocenters. The van der Waals surface area contributed by atoms with E-state index in [0.717, 1.165) is 17.1 Å². The van der Waals surface area contributed by atoms with Crippen molar-refractivity contribution in [2.75, 3.05) is 4.90 Å². The van der Waals surface area contributed by atoms with E-state index in [9.17, 15) is 0 Å². The summed E-state index contributed by atoms with van der Waals surface area (Å²) in [7, 11) is 0. The van der Waals surface area contributed by atoms with Crippen molar-refractivity contribution >= 4 is 17.1 Å². The van der Waals surface area contributed by atoms with Crippen molar-refractivity contribution < 1.29 is 0 Å². The van der Waals surface area contributed by atoms with E-state index >= 15 is 0 Å². The van der Waals surface area contributed by atoms with Crippen LogP contribution in [0, 0.1) is 0 Å². The molecule has 0 heterocycles. The van der Waals surface area contributed by atoms with Gasteiger partial charge in [-0.25, -0.2) is 0 Å². The summed E-state index contributed by atoms with van der Waals surface area (Å²) in [6.45, 7) is 2.40. The van der Waals surface area contributed by atoms with Gasteiger partial charge in [0.05, 0.1) is 11.4 Å². The van der Waals surface area contributed by atoms with Crippen LogP contribution in [-0.2, 0) is 5.41 Å². The van der Waals surface area contributed by atoms with E-state index in [-0.39, 0.29) is 5.41 Å². The zero-order valence-corrected chi connectivity index (χ0v) is 31.9. The summed E-state index contributed by atoms with van der Waals surface area (Å²) in [5.74, 6) is 0. The number of anilines is 3. The van der Waals surface area contributed by atoms with Gasteiger partial charge in [-0.2, -0.15) is 0 Å². The Labute approximate surface area is 335 Å². The molecule has 0 saturated heterocycles. The second kappa shape index (κ2) is 14.5. The number of para-hydroxylation sites is 1. The van der Waals surface area contributed by atoms with Gasteiger partial charge in [0.2, 0.25) is 0 Å². The van der Waals surface area contributed by atoms with Crippen molar-refractivity contribution in [3.63, 3.8) is 0 Å².